The van der Waals surface area contributed by atoms with E-state index in [-0.39, 0.29) is 5.91 Å². The van der Waals surface area contributed by atoms with Crippen molar-refractivity contribution in [1.29, 1.82) is 0 Å². The molecule has 2 atom stereocenters. The van der Waals surface area contributed by atoms with E-state index in [1.807, 2.05) is 35.4 Å². The Bertz CT molecular complexity index is 1030. The number of carbonyl (C=O) groups is 1. The molecule has 30 heavy (non-hydrogen) atoms. The molecule has 1 amide bonds. The monoisotopic (exact) mass is 402 g/mol. The summed E-state index contributed by atoms with van der Waals surface area (Å²) in [6, 6.07) is 12.2. The average Bonchev–Trinajstić information content (AvgIpc) is 3.48. The Balaban J connectivity index is 1.39. The van der Waals surface area contributed by atoms with E-state index in [1.54, 1.807) is 12.4 Å². The van der Waals surface area contributed by atoms with Gasteiger partial charge >= 0.3 is 0 Å². The molecule has 2 fully saturated rings. The van der Waals surface area contributed by atoms with Gasteiger partial charge in [-0.3, -0.25) is 4.79 Å². The largest absolute Gasteiger partial charge is 0.352 e. The zero-order chi connectivity index (χ0) is 20.5. The van der Waals surface area contributed by atoms with Crippen LogP contribution >= 0.6 is 0 Å². The number of aromatic nitrogens is 4. The molecule has 2 aliphatic heterocycles. The minimum atomic E-state index is 0.0449. The van der Waals surface area contributed by atoms with Crippen molar-refractivity contribution in [3.05, 3.63) is 66.1 Å². The Morgan fingerprint density at radius 2 is 1.87 bits per heavy atom. The van der Waals surface area contributed by atoms with Gasteiger partial charge in [0.1, 0.15) is 5.82 Å². The van der Waals surface area contributed by atoms with Crippen molar-refractivity contribution in [2.75, 3.05) is 24.5 Å². The smallest absolute Gasteiger partial charge is 0.256 e. The molecule has 154 valence electrons. The number of nitrogens with zero attached hydrogens (tertiary/aromatic N) is 6. The van der Waals surface area contributed by atoms with E-state index in [4.69, 9.17) is 0 Å². The van der Waals surface area contributed by atoms with Gasteiger partial charge in [0.25, 0.3) is 5.91 Å². The van der Waals surface area contributed by atoms with E-state index >= 15 is 0 Å². The van der Waals surface area contributed by atoms with Gasteiger partial charge in [-0.2, -0.15) is 15.0 Å². The third kappa shape index (κ3) is 3.34. The number of aryl methyl sites for hydroxylation is 1. The molecule has 5 rings (SSSR count). The Hall–Kier alpha value is -3.22. The molecule has 0 N–H and O–H groups in total. The van der Waals surface area contributed by atoms with Gasteiger partial charge in [-0.05, 0) is 55.0 Å². The van der Waals surface area contributed by atoms with Gasteiger partial charge in [0, 0.05) is 25.8 Å². The van der Waals surface area contributed by atoms with E-state index in [9.17, 15) is 4.79 Å². The van der Waals surface area contributed by atoms with Gasteiger partial charge in [0.15, 0.2) is 0 Å². The molecule has 0 spiro atoms. The summed E-state index contributed by atoms with van der Waals surface area (Å²) in [4.78, 5) is 24.0. The highest BCUT2D eigenvalue weighted by Gasteiger charge is 2.40. The molecule has 7 nitrogen and oxygen atoms in total. The van der Waals surface area contributed by atoms with Crippen LogP contribution in [0.25, 0.3) is 5.69 Å². The second-order valence-corrected chi connectivity index (χ2v) is 8.06. The number of benzene rings is 1. The summed E-state index contributed by atoms with van der Waals surface area (Å²) >= 11 is 0. The fraction of sp³-hybridized carbons (Fsp3) is 0.391. The van der Waals surface area contributed by atoms with Crippen molar-refractivity contribution in [3.63, 3.8) is 0 Å². The van der Waals surface area contributed by atoms with Crippen LogP contribution in [-0.4, -0.2) is 56.5 Å². The van der Waals surface area contributed by atoms with Crippen LogP contribution in [0.3, 0.4) is 0 Å². The number of rotatable bonds is 4. The summed E-state index contributed by atoms with van der Waals surface area (Å²) < 4.78 is 0. The highest BCUT2D eigenvalue weighted by Crippen LogP contribution is 2.35. The van der Waals surface area contributed by atoms with E-state index < -0.39 is 0 Å². The van der Waals surface area contributed by atoms with Crippen LogP contribution in [0.5, 0.6) is 0 Å². The number of carbonyl (C=O) groups excluding carboxylic acids is 1. The quantitative estimate of drug-likeness (QED) is 0.671. The molecule has 0 aliphatic carbocycles. The number of hydrogen-bond donors (Lipinski definition) is 0. The van der Waals surface area contributed by atoms with Gasteiger partial charge in [-0.1, -0.05) is 19.1 Å². The molecule has 4 heterocycles. The second kappa shape index (κ2) is 7.89. The summed E-state index contributed by atoms with van der Waals surface area (Å²) in [6.45, 7) is 4.68. The maximum Gasteiger partial charge on any atom is 0.256 e. The molecule has 7 heteroatoms. The molecular formula is C23H26N6O. The molecule has 0 saturated carbocycles. The lowest BCUT2D eigenvalue weighted by Gasteiger charge is -2.39. The van der Waals surface area contributed by atoms with Crippen molar-refractivity contribution in [3.8, 4) is 5.69 Å². The summed E-state index contributed by atoms with van der Waals surface area (Å²) in [6.07, 6.45) is 8.35. The number of amides is 1. The number of piperidine rings is 1. The lowest BCUT2D eigenvalue weighted by Crippen LogP contribution is -2.50. The van der Waals surface area contributed by atoms with Crippen molar-refractivity contribution in [2.45, 2.75) is 32.2 Å². The van der Waals surface area contributed by atoms with Crippen LogP contribution in [0.15, 0.2) is 55.0 Å². The summed E-state index contributed by atoms with van der Waals surface area (Å²) in [5.74, 6) is 1.70. The van der Waals surface area contributed by atoms with Crippen LogP contribution in [0, 0.1) is 5.92 Å². The number of likely N-dealkylation sites (tertiary alicyclic amines) is 1. The van der Waals surface area contributed by atoms with Gasteiger partial charge in [0.2, 0.25) is 0 Å². The first kappa shape index (κ1) is 18.8. The first-order chi connectivity index (χ1) is 14.7. The van der Waals surface area contributed by atoms with Crippen LogP contribution in [-0.2, 0) is 6.42 Å². The highest BCUT2D eigenvalue weighted by molar-refractivity contribution is 5.97. The standard InChI is InChI=1S/C23H26N6O/c1-2-17-7-10-24-22(15-17)28-14-9-18-8-13-27(16-21(18)28)23(30)19-5-3-4-6-20(19)29-25-11-12-26-29/h3-7,10-12,15,18,21H,2,8-9,13-14,16H2,1H3/t18-,21-/m0/s1. The van der Waals surface area contributed by atoms with Crippen LogP contribution < -0.4 is 4.90 Å². The Morgan fingerprint density at radius 1 is 1.07 bits per heavy atom. The number of para-hydroxylation sites is 1. The second-order valence-electron chi connectivity index (χ2n) is 8.06. The van der Waals surface area contributed by atoms with E-state index in [0.29, 0.717) is 17.5 Å². The van der Waals surface area contributed by atoms with Gasteiger partial charge < -0.3 is 9.80 Å². The summed E-state index contributed by atoms with van der Waals surface area (Å²) in [5, 5.41) is 8.43. The van der Waals surface area contributed by atoms with Crippen molar-refractivity contribution in [2.24, 2.45) is 5.92 Å². The SMILES string of the molecule is CCc1ccnc(N2CC[C@@H]3CCN(C(=O)c4ccccc4-n4nccn4)C[C@@H]32)c1. The van der Waals surface area contributed by atoms with Crippen molar-refractivity contribution < 1.29 is 4.79 Å². The maximum atomic E-state index is 13.5. The van der Waals surface area contributed by atoms with Crippen molar-refractivity contribution >= 4 is 11.7 Å². The minimum absolute atomic E-state index is 0.0449. The first-order valence-electron chi connectivity index (χ1n) is 10.7. The summed E-state index contributed by atoms with van der Waals surface area (Å²) in [5.41, 5.74) is 2.66. The third-order valence-corrected chi connectivity index (χ3v) is 6.43. The van der Waals surface area contributed by atoms with E-state index in [0.717, 1.165) is 44.0 Å². The summed E-state index contributed by atoms with van der Waals surface area (Å²) in [7, 11) is 0. The minimum Gasteiger partial charge on any atom is -0.352 e. The molecular weight excluding hydrogens is 376 g/mol. The van der Waals surface area contributed by atoms with Crippen LogP contribution in [0.2, 0.25) is 0 Å². The van der Waals surface area contributed by atoms with Crippen LogP contribution in [0.1, 0.15) is 35.7 Å². The lowest BCUT2D eigenvalue weighted by atomic mass is 9.91. The van der Waals surface area contributed by atoms with Crippen LogP contribution in [0.4, 0.5) is 5.82 Å². The predicted octanol–water partition coefficient (Wildman–Crippen LogP) is 2.97. The molecule has 3 aromatic rings. The third-order valence-electron chi connectivity index (χ3n) is 6.43. The Labute approximate surface area is 176 Å². The molecule has 0 unspecified atom stereocenters. The number of fused-ring (bicyclic) bond motifs is 1. The Kier molecular flexibility index (Phi) is 4.94. The molecule has 2 aliphatic rings. The zero-order valence-electron chi connectivity index (χ0n) is 17.2. The van der Waals surface area contributed by atoms with E-state index in [1.165, 1.54) is 16.8 Å². The maximum absolute atomic E-state index is 13.5. The number of hydrogen-bond acceptors (Lipinski definition) is 5. The Morgan fingerprint density at radius 3 is 2.70 bits per heavy atom. The fourth-order valence-electron chi connectivity index (χ4n) is 4.79. The highest BCUT2D eigenvalue weighted by atomic mass is 16.2. The van der Waals surface area contributed by atoms with Crippen molar-refractivity contribution in [1.82, 2.24) is 24.9 Å². The fourth-order valence-corrected chi connectivity index (χ4v) is 4.79. The number of pyridine rings is 1. The molecule has 2 aromatic heterocycles. The topological polar surface area (TPSA) is 67.2 Å². The average molecular weight is 403 g/mol. The van der Waals surface area contributed by atoms with Gasteiger partial charge in [0.05, 0.1) is 29.7 Å². The number of anilines is 1. The zero-order valence-corrected chi connectivity index (χ0v) is 17.2. The molecule has 1 aromatic carbocycles. The van der Waals surface area contributed by atoms with E-state index in [2.05, 4.69) is 39.1 Å². The lowest BCUT2D eigenvalue weighted by molar-refractivity contribution is 0.0678. The molecule has 0 bridgehead atoms. The molecule has 2 saturated heterocycles. The molecule has 0 radical (unpaired) electrons. The first-order valence-corrected chi connectivity index (χ1v) is 10.7. The van der Waals surface area contributed by atoms with Gasteiger partial charge in [-0.15, -0.1) is 0 Å². The van der Waals surface area contributed by atoms with Gasteiger partial charge in [-0.25, -0.2) is 4.98 Å². The normalized spacial score (nSPS) is 21.0. The predicted molar refractivity (Wildman–Crippen MR) is 115 cm³/mol.